The summed E-state index contributed by atoms with van der Waals surface area (Å²) in [5.74, 6) is -0.0356. The first-order valence-corrected chi connectivity index (χ1v) is 12.9. The van der Waals surface area contributed by atoms with E-state index in [1.165, 1.54) is 0 Å². The molecule has 2 fully saturated rings. The summed E-state index contributed by atoms with van der Waals surface area (Å²) >= 11 is 6.31. The van der Waals surface area contributed by atoms with Crippen molar-refractivity contribution in [3.8, 4) is 0 Å². The van der Waals surface area contributed by atoms with E-state index in [1.54, 1.807) is 9.58 Å². The molecule has 0 saturated carbocycles. The summed E-state index contributed by atoms with van der Waals surface area (Å²) in [6.07, 6.45) is 2.26. The summed E-state index contributed by atoms with van der Waals surface area (Å²) in [6, 6.07) is 7.24. The maximum Gasteiger partial charge on any atom is 0.257 e. The summed E-state index contributed by atoms with van der Waals surface area (Å²) < 4.78 is 31.8. The second-order valence-electron chi connectivity index (χ2n) is 8.44. The van der Waals surface area contributed by atoms with Crippen molar-refractivity contribution in [2.24, 2.45) is 0 Å². The Morgan fingerprint density at radius 2 is 2.06 bits per heavy atom. The van der Waals surface area contributed by atoms with Crippen LogP contribution in [0.5, 0.6) is 0 Å². The number of amides is 1. The Morgan fingerprint density at radius 1 is 1.29 bits per heavy atom. The second-order valence-corrected chi connectivity index (χ2v) is 11.1. The van der Waals surface area contributed by atoms with Crippen LogP contribution in [0, 0.1) is 13.8 Å². The molecule has 1 aromatic heterocycles. The third-order valence-corrected chi connectivity index (χ3v) is 8.33. The topological polar surface area (TPSA) is 81.5 Å². The number of ether oxygens (including phenoxy) is 1. The third kappa shape index (κ3) is 4.81. The highest BCUT2D eigenvalue weighted by Gasteiger charge is 2.38. The highest BCUT2D eigenvalue weighted by Crippen LogP contribution is 2.26. The van der Waals surface area contributed by atoms with E-state index in [-0.39, 0.29) is 29.6 Å². The molecule has 0 unspecified atom stereocenters. The van der Waals surface area contributed by atoms with Crippen molar-refractivity contribution >= 4 is 27.3 Å². The van der Waals surface area contributed by atoms with Gasteiger partial charge < -0.3 is 9.64 Å². The molecule has 0 aliphatic carbocycles. The minimum atomic E-state index is -3.12. The number of carbonyl (C=O) groups excluding carboxylic acids is 1. The monoisotopic (exact) mass is 465 g/mol. The molecule has 0 N–H and O–H groups in total. The van der Waals surface area contributed by atoms with Crippen LogP contribution in [0.3, 0.4) is 0 Å². The van der Waals surface area contributed by atoms with Gasteiger partial charge in [-0.1, -0.05) is 29.8 Å². The van der Waals surface area contributed by atoms with Gasteiger partial charge in [0.05, 0.1) is 35.4 Å². The van der Waals surface area contributed by atoms with Crippen LogP contribution in [-0.4, -0.2) is 65.8 Å². The zero-order valence-electron chi connectivity index (χ0n) is 17.9. The number of hydrogen-bond donors (Lipinski definition) is 0. The Kier molecular flexibility index (Phi) is 6.42. The van der Waals surface area contributed by atoms with Crippen molar-refractivity contribution < 1.29 is 17.9 Å². The fourth-order valence-electron chi connectivity index (χ4n) is 4.52. The number of carbonyl (C=O) groups is 1. The second kappa shape index (κ2) is 8.92. The number of nitrogens with zero attached hydrogens (tertiary/aromatic N) is 3. The van der Waals surface area contributed by atoms with Crippen LogP contribution in [0.4, 0.5) is 0 Å². The number of hydrogen-bond acceptors (Lipinski definition) is 5. The van der Waals surface area contributed by atoms with Crippen LogP contribution in [0.15, 0.2) is 24.3 Å². The van der Waals surface area contributed by atoms with Gasteiger partial charge >= 0.3 is 0 Å². The van der Waals surface area contributed by atoms with Crippen LogP contribution in [0.2, 0.25) is 5.02 Å². The molecule has 9 heteroatoms. The summed E-state index contributed by atoms with van der Waals surface area (Å²) in [5, 5.41) is 5.25. The summed E-state index contributed by atoms with van der Waals surface area (Å²) in [6.45, 7) is 5.25. The van der Waals surface area contributed by atoms with Gasteiger partial charge in [0.2, 0.25) is 0 Å². The quantitative estimate of drug-likeness (QED) is 0.655. The highest BCUT2D eigenvalue weighted by atomic mass is 35.5. The Labute approximate surface area is 188 Å². The van der Waals surface area contributed by atoms with Crippen molar-refractivity contribution in [1.29, 1.82) is 0 Å². The molecule has 2 saturated heterocycles. The van der Waals surface area contributed by atoms with Gasteiger partial charge in [-0.25, -0.2) is 8.42 Å². The summed E-state index contributed by atoms with van der Waals surface area (Å²) in [5.41, 5.74) is 2.84. The molecule has 7 nitrogen and oxygen atoms in total. The van der Waals surface area contributed by atoms with Crippen molar-refractivity contribution in [3.05, 3.63) is 51.8 Å². The lowest BCUT2D eigenvalue weighted by atomic mass is 10.1. The fourth-order valence-corrected chi connectivity index (χ4v) is 6.44. The number of sulfone groups is 1. The average Bonchev–Trinajstić information content (AvgIpc) is 3.42. The smallest absolute Gasteiger partial charge is 0.257 e. The van der Waals surface area contributed by atoms with E-state index in [1.807, 2.05) is 38.1 Å². The van der Waals surface area contributed by atoms with E-state index in [9.17, 15) is 13.2 Å². The van der Waals surface area contributed by atoms with Crippen molar-refractivity contribution in [2.45, 2.75) is 51.8 Å². The van der Waals surface area contributed by atoms with Crippen LogP contribution in [0.25, 0.3) is 0 Å². The molecular formula is C22H28ClN3O4S. The number of halogens is 1. The zero-order chi connectivity index (χ0) is 22.2. The maximum absolute atomic E-state index is 13.7. The first kappa shape index (κ1) is 22.3. The van der Waals surface area contributed by atoms with Crippen molar-refractivity contribution in [1.82, 2.24) is 14.7 Å². The zero-order valence-corrected chi connectivity index (χ0v) is 19.5. The SMILES string of the molecule is Cc1nn(Cc2ccccc2Cl)c(C)c1C(=O)N(C[C@H]1CCCO1)[C@@H]1CCS(=O)(=O)C1. The maximum atomic E-state index is 13.7. The molecule has 2 aliphatic rings. The molecule has 31 heavy (non-hydrogen) atoms. The average molecular weight is 466 g/mol. The fraction of sp³-hybridized carbons (Fsp3) is 0.545. The van der Waals surface area contributed by atoms with Crippen molar-refractivity contribution in [3.63, 3.8) is 0 Å². The lowest BCUT2D eigenvalue weighted by molar-refractivity contribution is 0.0440. The van der Waals surface area contributed by atoms with Gasteiger partial charge in [0.15, 0.2) is 9.84 Å². The first-order chi connectivity index (χ1) is 14.7. The number of rotatable bonds is 6. The van der Waals surface area contributed by atoms with Gasteiger partial charge in [-0.3, -0.25) is 9.48 Å². The molecule has 2 atom stereocenters. The van der Waals surface area contributed by atoms with E-state index in [0.29, 0.717) is 42.4 Å². The van der Waals surface area contributed by atoms with Crippen LogP contribution in [0.1, 0.15) is 46.6 Å². The summed E-state index contributed by atoms with van der Waals surface area (Å²) in [4.78, 5) is 15.4. The van der Waals surface area contributed by atoms with Crippen LogP contribution >= 0.6 is 11.6 Å². The highest BCUT2D eigenvalue weighted by molar-refractivity contribution is 7.91. The Hall–Kier alpha value is -1.90. The molecule has 168 valence electrons. The van der Waals surface area contributed by atoms with Gasteiger partial charge in [0, 0.05) is 29.9 Å². The van der Waals surface area contributed by atoms with Gasteiger partial charge in [-0.2, -0.15) is 5.10 Å². The van der Waals surface area contributed by atoms with Gasteiger partial charge in [-0.05, 0) is 44.7 Å². The first-order valence-electron chi connectivity index (χ1n) is 10.7. The molecule has 1 amide bonds. The molecule has 3 heterocycles. The van der Waals surface area contributed by atoms with Gasteiger partial charge in [0.1, 0.15) is 0 Å². The molecule has 0 bridgehead atoms. The van der Waals surface area contributed by atoms with Crippen molar-refractivity contribution in [2.75, 3.05) is 24.7 Å². The van der Waals surface area contributed by atoms with E-state index in [4.69, 9.17) is 16.3 Å². The van der Waals surface area contributed by atoms with E-state index >= 15 is 0 Å². The van der Waals surface area contributed by atoms with Gasteiger partial charge in [-0.15, -0.1) is 0 Å². The Bertz CT molecular complexity index is 1080. The Balaban J connectivity index is 1.63. The molecular weight excluding hydrogens is 438 g/mol. The normalized spacial score (nSPS) is 22.7. The van der Waals surface area contributed by atoms with E-state index < -0.39 is 9.84 Å². The number of aromatic nitrogens is 2. The minimum absolute atomic E-state index is 0.0112. The lowest BCUT2D eigenvalue weighted by Crippen LogP contribution is -2.45. The molecule has 4 rings (SSSR count). The molecule has 0 spiro atoms. The van der Waals surface area contributed by atoms with E-state index in [0.717, 1.165) is 24.1 Å². The largest absolute Gasteiger partial charge is 0.376 e. The molecule has 2 aromatic rings. The number of benzene rings is 1. The minimum Gasteiger partial charge on any atom is -0.376 e. The molecule has 0 radical (unpaired) electrons. The van der Waals surface area contributed by atoms with Gasteiger partial charge in [0.25, 0.3) is 5.91 Å². The van der Waals surface area contributed by atoms with E-state index in [2.05, 4.69) is 5.10 Å². The number of aryl methyl sites for hydroxylation is 1. The van der Waals surface area contributed by atoms with Crippen LogP contribution in [-0.2, 0) is 21.1 Å². The standard InChI is InChI=1S/C22H28ClN3O4S/c1-15-21(16(2)26(24-15)12-17-6-3-4-8-20(17)23)22(27)25(13-19-7-5-10-30-19)18-9-11-31(28,29)14-18/h3-4,6,8,18-19H,5,7,9-14H2,1-2H3/t18-,19-/m1/s1. The van der Waals surface area contributed by atoms with Crippen LogP contribution < -0.4 is 0 Å². The Morgan fingerprint density at radius 3 is 2.71 bits per heavy atom. The molecule has 1 aromatic carbocycles. The predicted octanol–water partition coefficient (Wildman–Crippen LogP) is 3.01. The third-order valence-electron chi connectivity index (χ3n) is 6.21. The summed E-state index contributed by atoms with van der Waals surface area (Å²) in [7, 11) is -3.12. The lowest BCUT2D eigenvalue weighted by Gasteiger charge is -2.30. The predicted molar refractivity (Wildman–Crippen MR) is 119 cm³/mol. The molecule has 2 aliphatic heterocycles.